The van der Waals surface area contributed by atoms with Crippen LogP contribution in [0, 0.1) is 11.8 Å². The van der Waals surface area contributed by atoms with E-state index in [0.717, 1.165) is 22.2 Å². The van der Waals surface area contributed by atoms with E-state index >= 15 is 0 Å². The van der Waals surface area contributed by atoms with Crippen LogP contribution < -0.4 is 0 Å². The summed E-state index contributed by atoms with van der Waals surface area (Å²) in [7, 11) is 0. The lowest BCUT2D eigenvalue weighted by atomic mass is 10.2. The van der Waals surface area contributed by atoms with E-state index < -0.39 is 0 Å². The predicted octanol–water partition coefficient (Wildman–Crippen LogP) is 3.70. The van der Waals surface area contributed by atoms with E-state index in [1.54, 1.807) is 11.3 Å². The summed E-state index contributed by atoms with van der Waals surface area (Å²) in [6.45, 7) is 0. The average molecular weight is 235 g/mol. The van der Waals surface area contributed by atoms with Crippen LogP contribution in [0.5, 0.6) is 0 Å². The molecular formula is C15H9NS. The number of thiophene rings is 1. The van der Waals surface area contributed by atoms with Gasteiger partial charge in [-0.15, -0.1) is 0 Å². The minimum absolute atomic E-state index is 0.815. The third kappa shape index (κ3) is 2.20. The molecular weight excluding hydrogens is 226 g/mol. The lowest BCUT2D eigenvalue weighted by Gasteiger charge is -1.96. The van der Waals surface area contributed by atoms with E-state index in [2.05, 4.69) is 29.0 Å². The van der Waals surface area contributed by atoms with Crippen LogP contribution in [0.1, 0.15) is 11.3 Å². The van der Waals surface area contributed by atoms with Gasteiger partial charge in [0.15, 0.2) is 0 Å². The summed E-state index contributed by atoms with van der Waals surface area (Å²) >= 11 is 1.65. The molecule has 0 aliphatic heterocycles. The van der Waals surface area contributed by atoms with Gasteiger partial charge in [0.25, 0.3) is 0 Å². The molecule has 3 rings (SSSR count). The third-order valence-corrected chi connectivity index (χ3v) is 3.14. The van der Waals surface area contributed by atoms with Crippen LogP contribution in [0.2, 0.25) is 0 Å². The molecule has 0 bridgehead atoms. The molecule has 0 saturated carbocycles. The molecule has 2 heteroatoms. The summed E-state index contributed by atoms with van der Waals surface area (Å²) in [6, 6.07) is 14.1. The fraction of sp³-hybridized carbons (Fsp3) is 0. The summed E-state index contributed by atoms with van der Waals surface area (Å²) in [4.78, 5) is 4.50. The van der Waals surface area contributed by atoms with Gasteiger partial charge in [0, 0.05) is 16.3 Å². The number of fused-ring (bicyclic) bond motifs is 1. The second-order valence-corrected chi connectivity index (χ2v) is 4.43. The third-order valence-electron chi connectivity index (χ3n) is 2.45. The molecule has 0 atom stereocenters. The summed E-state index contributed by atoms with van der Waals surface area (Å²) < 4.78 is 0. The number of para-hydroxylation sites is 1. The zero-order valence-corrected chi connectivity index (χ0v) is 9.87. The van der Waals surface area contributed by atoms with E-state index in [1.807, 2.05) is 41.1 Å². The Kier molecular flexibility index (Phi) is 2.61. The molecule has 0 aliphatic carbocycles. The van der Waals surface area contributed by atoms with Crippen LogP contribution in [-0.2, 0) is 0 Å². The second kappa shape index (κ2) is 4.40. The van der Waals surface area contributed by atoms with Gasteiger partial charge in [-0.1, -0.05) is 30.2 Å². The maximum Gasteiger partial charge on any atom is 0.114 e. The predicted molar refractivity (Wildman–Crippen MR) is 72.0 cm³/mol. The molecule has 1 aromatic carbocycles. The zero-order valence-electron chi connectivity index (χ0n) is 9.05. The summed E-state index contributed by atoms with van der Waals surface area (Å²) in [6.07, 6.45) is 0. The average Bonchev–Trinajstić information content (AvgIpc) is 2.89. The number of benzene rings is 1. The minimum Gasteiger partial charge on any atom is -0.239 e. The molecule has 0 N–H and O–H groups in total. The highest BCUT2D eigenvalue weighted by atomic mass is 32.1. The molecule has 17 heavy (non-hydrogen) atoms. The Hall–Kier alpha value is -2.11. The molecule has 0 amide bonds. The topological polar surface area (TPSA) is 12.9 Å². The summed E-state index contributed by atoms with van der Waals surface area (Å²) in [5.41, 5.74) is 2.85. The first-order chi connectivity index (χ1) is 8.42. The molecule has 0 unspecified atom stereocenters. The lowest BCUT2D eigenvalue weighted by Crippen LogP contribution is -1.83. The van der Waals surface area contributed by atoms with E-state index in [1.165, 1.54) is 0 Å². The Labute approximate surface area is 104 Å². The molecule has 0 spiro atoms. The van der Waals surface area contributed by atoms with Crippen molar-refractivity contribution in [2.24, 2.45) is 0 Å². The van der Waals surface area contributed by atoms with Gasteiger partial charge in [0.05, 0.1) is 5.52 Å². The van der Waals surface area contributed by atoms with Crippen molar-refractivity contribution in [2.45, 2.75) is 0 Å². The van der Waals surface area contributed by atoms with Crippen LogP contribution in [0.15, 0.2) is 53.2 Å². The monoisotopic (exact) mass is 235 g/mol. The first-order valence-electron chi connectivity index (χ1n) is 5.32. The van der Waals surface area contributed by atoms with Crippen LogP contribution in [-0.4, -0.2) is 4.98 Å². The minimum atomic E-state index is 0.815. The van der Waals surface area contributed by atoms with E-state index in [-0.39, 0.29) is 0 Å². The summed E-state index contributed by atoms with van der Waals surface area (Å²) in [5, 5.41) is 5.21. The zero-order chi connectivity index (χ0) is 11.5. The second-order valence-electron chi connectivity index (χ2n) is 3.65. The van der Waals surface area contributed by atoms with Gasteiger partial charge in [-0.05, 0) is 29.5 Å². The normalized spacial score (nSPS) is 9.88. The summed E-state index contributed by atoms with van der Waals surface area (Å²) in [5.74, 6) is 6.19. The fourth-order valence-corrected chi connectivity index (χ4v) is 2.20. The van der Waals surface area contributed by atoms with Crippen LogP contribution >= 0.6 is 11.3 Å². The van der Waals surface area contributed by atoms with Gasteiger partial charge in [-0.3, -0.25) is 0 Å². The van der Waals surface area contributed by atoms with Crippen molar-refractivity contribution in [2.75, 3.05) is 0 Å². The van der Waals surface area contributed by atoms with Crippen LogP contribution in [0.25, 0.3) is 10.9 Å². The van der Waals surface area contributed by atoms with E-state index in [4.69, 9.17) is 0 Å². The van der Waals surface area contributed by atoms with Crippen molar-refractivity contribution in [3.63, 3.8) is 0 Å². The molecule has 0 saturated heterocycles. The largest absolute Gasteiger partial charge is 0.239 e. The van der Waals surface area contributed by atoms with Crippen molar-refractivity contribution in [3.8, 4) is 11.8 Å². The number of hydrogen-bond acceptors (Lipinski definition) is 2. The molecule has 80 valence electrons. The number of aromatic nitrogens is 1. The Balaban J connectivity index is 2.01. The van der Waals surface area contributed by atoms with E-state index in [0.29, 0.717) is 0 Å². The Morgan fingerprint density at radius 1 is 0.941 bits per heavy atom. The first-order valence-corrected chi connectivity index (χ1v) is 6.26. The standard InChI is InChI=1S/C15H9NS/c1-2-4-15-13(3-1)6-8-14(16-15)7-5-12-9-10-17-11-12/h1-4,6,8-11H. The highest BCUT2D eigenvalue weighted by molar-refractivity contribution is 7.08. The fourth-order valence-electron chi connectivity index (χ4n) is 1.61. The molecule has 2 heterocycles. The van der Waals surface area contributed by atoms with Gasteiger partial charge in [-0.2, -0.15) is 11.3 Å². The number of pyridine rings is 1. The number of rotatable bonds is 0. The maximum absolute atomic E-state index is 4.50. The van der Waals surface area contributed by atoms with Gasteiger partial charge < -0.3 is 0 Å². The van der Waals surface area contributed by atoms with Crippen LogP contribution in [0.4, 0.5) is 0 Å². The van der Waals surface area contributed by atoms with Crippen molar-refractivity contribution >= 4 is 22.2 Å². The molecule has 0 fully saturated rings. The molecule has 0 aliphatic rings. The van der Waals surface area contributed by atoms with Crippen molar-refractivity contribution in [1.29, 1.82) is 0 Å². The SMILES string of the molecule is C(#Cc1ccc2ccccc2n1)c1ccsc1. The molecule has 3 aromatic rings. The highest BCUT2D eigenvalue weighted by Crippen LogP contribution is 2.11. The Bertz CT molecular complexity index is 702. The molecule has 0 radical (unpaired) electrons. The van der Waals surface area contributed by atoms with Gasteiger partial charge in [-0.25, -0.2) is 4.98 Å². The van der Waals surface area contributed by atoms with Crippen molar-refractivity contribution < 1.29 is 0 Å². The molecule has 2 aromatic heterocycles. The smallest absolute Gasteiger partial charge is 0.114 e. The number of nitrogens with zero attached hydrogens (tertiary/aromatic N) is 1. The number of hydrogen-bond donors (Lipinski definition) is 0. The maximum atomic E-state index is 4.50. The van der Waals surface area contributed by atoms with Crippen molar-refractivity contribution in [3.05, 3.63) is 64.5 Å². The quantitative estimate of drug-likeness (QED) is 0.541. The van der Waals surface area contributed by atoms with Gasteiger partial charge >= 0.3 is 0 Å². The lowest BCUT2D eigenvalue weighted by molar-refractivity contribution is 1.36. The molecule has 1 nitrogen and oxygen atoms in total. The van der Waals surface area contributed by atoms with Crippen LogP contribution in [0.3, 0.4) is 0 Å². The Morgan fingerprint density at radius 2 is 1.88 bits per heavy atom. The van der Waals surface area contributed by atoms with E-state index in [9.17, 15) is 0 Å². The highest BCUT2D eigenvalue weighted by Gasteiger charge is 1.94. The first kappa shape index (κ1) is 10.1. The van der Waals surface area contributed by atoms with Gasteiger partial charge in [0.1, 0.15) is 5.69 Å². The van der Waals surface area contributed by atoms with Crippen molar-refractivity contribution in [1.82, 2.24) is 4.98 Å². The van der Waals surface area contributed by atoms with Gasteiger partial charge in [0.2, 0.25) is 0 Å². The Morgan fingerprint density at radius 3 is 2.76 bits per heavy atom.